The van der Waals surface area contributed by atoms with Crippen molar-refractivity contribution < 1.29 is 14.6 Å². The quantitative estimate of drug-likeness (QED) is 0.800. The van der Waals surface area contributed by atoms with Crippen molar-refractivity contribution in [2.45, 2.75) is 33.1 Å². The molecule has 0 atom stereocenters. The standard InChI is InChI=1S/C12H23NO3/c1-10(2)9-16-12(15)13-6-3-11(4-7-13)5-8-14/h10-11,14H,3-9H2,1-2H3. The van der Waals surface area contributed by atoms with E-state index in [1.807, 2.05) is 13.8 Å². The zero-order chi connectivity index (χ0) is 12.0. The summed E-state index contributed by atoms with van der Waals surface area (Å²) in [6, 6.07) is 0. The van der Waals surface area contributed by atoms with E-state index in [2.05, 4.69) is 0 Å². The van der Waals surface area contributed by atoms with E-state index in [-0.39, 0.29) is 12.7 Å². The molecule has 0 spiro atoms. The van der Waals surface area contributed by atoms with Crippen molar-refractivity contribution >= 4 is 6.09 Å². The normalized spacial score (nSPS) is 17.9. The Morgan fingerprint density at radius 2 is 2.06 bits per heavy atom. The molecular weight excluding hydrogens is 206 g/mol. The first-order valence-corrected chi connectivity index (χ1v) is 6.16. The molecule has 1 rings (SSSR count). The number of aliphatic hydroxyl groups excluding tert-OH is 1. The number of piperidine rings is 1. The monoisotopic (exact) mass is 229 g/mol. The van der Waals surface area contributed by atoms with Gasteiger partial charge in [0.2, 0.25) is 0 Å². The molecule has 0 radical (unpaired) electrons. The second-order valence-electron chi connectivity index (χ2n) is 4.91. The van der Waals surface area contributed by atoms with E-state index in [1.165, 1.54) is 0 Å². The van der Waals surface area contributed by atoms with Crippen LogP contribution >= 0.6 is 0 Å². The van der Waals surface area contributed by atoms with E-state index < -0.39 is 0 Å². The van der Waals surface area contributed by atoms with Crippen molar-refractivity contribution in [3.8, 4) is 0 Å². The van der Waals surface area contributed by atoms with Gasteiger partial charge in [0.25, 0.3) is 0 Å². The number of nitrogens with zero attached hydrogens (tertiary/aromatic N) is 1. The third-order valence-electron chi connectivity index (χ3n) is 2.95. The number of rotatable bonds is 4. The van der Waals surface area contributed by atoms with Crippen molar-refractivity contribution in [1.29, 1.82) is 0 Å². The van der Waals surface area contributed by atoms with Gasteiger partial charge in [0.05, 0.1) is 6.61 Å². The number of amides is 1. The smallest absolute Gasteiger partial charge is 0.409 e. The molecule has 94 valence electrons. The fraction of sp³-hybridized carbons (Fsp3) is 0.917. The maximum Gasteiger partial charge on any atom is 0.409 e. The SMILES string of the molecule is CC(C)COC(=O)N1CCC(CCO)CC1. The lowest BCUT2D eigenvalue weighted by molar-refractivity contribution is 0.0765. The summed E-state index contributed by atoms with van der Waals surface area (Å²) in [5, 5.41) is 8.83. The number of carbonyl (C=O) groups is 1. The number of ether oxygens (including phenoxy) is 1. The van der Waals surface area contributed by atoms with E-state index in [0.717, 1.165) is 32.4 Å². The van der Waals surface area contributed by atoms with Gasteiger partial charge in [-0.25, -0.2) is 4.79 Å². The minimum absolute atomic E-state index is 0.184. The van der Waals surface area contributed by atoms with Gasteiger partial charge < -0.3 is 14.7 Å². The molecule has 1 amide bonds. The summed E-state index contributed by atoms with van der Waals surface area (Å²) in [5.41, 5.74) is 0. The van der Waals surface area contributed by atoms with E-state index >= 15 is 0 Å². The average molecular weight is 229 g/mol. The topological polar surface area (TPSA) is 49.8 Å². The molecule has 1 fully saturated rings. The van der Waals surface area contributed by atoms with Crippen LogP contribution in [0.1, 0.15) is 33.1 Å². The van der Waals surface area contributed by atoms with Gasteiger partial charge >= 0.3 is 6.09 Å². The summed E-state index contributed by atoms with van der Waals surface area (Å²) in [4.78, 5) is 13.4. The number of aliphatic hydroxyl groups is 1. The minimum atomic E-state index is -0.184. The lowest BCUT2D eigenvalue weighted by Crippen LogP contribution is -2.39. The zero-order valence-corrected chi connectivity index (χ0v) is 10.3. The molecule has 4 nitrogen and oxygen atoms in total. The fourth-order valence-electron chi connectivity index (χ4n) is 1.92. The Hall–Kier alpha value is -0.770. The van der Waals surface area contributed by atoms with Crippen LogP contribution in [0, 0.1) is 11.8 Å². The Labute approximate surface area is 97.6 Å². The first kappa shape index (κ1) is 13.3. The molecule has 1 N–H and O–H groups in total. The van der Waals surface area contributed by atoms with Crippen LogP contribution in [0.25, 0.3) is 0 Å². The summed E-state index contributed by atoms with van der Waals surface area (Å²) < 4.78 is 5.18. The van der Waals surface area contributed by atoms with Crippen molar-refractivity contribution in [1.82, 2.24) is 4.90 Å². The van der Waals surface area contributed by atoms with Crippen LogP contribution in [0.3, 0.4) is 0 Å². The summed E-state index contributed by atoms with van der Waals surface area (Å²) >= 11 is 0. The molecule has 16 heavy (non-hydrogen) atoms. The molecule has 0 bridgehead atoms. The molecule has 0 aliphatic carbocycles. The predicted molar refractivity (Wildman–Crippen MR) is 62.2 cm³/mol. The van der Waals surface area contributed by atoms with Crippen LogP contribution in [-0.2, 0) is 4.74 Å². The molecule has 0 saturated carbocycles. The second kappa shape index (κ2) is 6.74. The molecule has 1 heterocycles. The highest BCUT2D eigenvalue weighted by molar-refractivity contribution is 5.67. The summed E-state index contributed by atoms with van der Waals surface area (Å²) in [7, 11) is 0. The van der Waals surface area contributed by atoms with Crippen molar-refractivity contribution in [2.75, 3.05) is 26.3 Å². The largest absolute Gasteiger partial charge is 0.449 e. The predicted octanol–water partition coefficient (Wildman–Crippen LogP) is 1.87. The molecule has 1 aliphatic rings. The first-order chi connectivity index (χ1) is 7.63. The fourth-order valence-corrected chi connectivity index (χ4v) is 1.92. The number of hydrogen-bond acceptors (Lipinski definition) is 3. The Balaban J connectivity index is 2.22. The molecule has 1 aliphatic heterocycles. The lowest BCUT2D eigenvalue weighted by Gasteiger charge is -2.31. The molecule has 1 saturated heterocycles. The maximum atomic E-state index is 11.6. The Morgan fingerprint density at radius 3 is 2.56 bits per heavy atom. The minimum Gasteiger partial charge on any atom is -0.449 e. The summed E-state index contributed by atoms with van der Waals surface area (Å²) in [6.07, 6.45) is 2.64. The van der Waals surface area contributed by atoms with Crippen LogP contribution in [0.15, 0.2) is 0 Å². The van der Waals surface area contributed by atoms with Crippen molar-refractivity contribution in [3.05, 3.63) is 0 Å². The third-order valence-corrected chi connectivity index (χ3v) is 2.95. The van der Waals surface area contributed by atoms with Gasteiger partial charge in [-0.2, -0.15) is 0 Å². The second-order valence-corrected chi connectivity index (χ2v) is 4.91. The highest BCUT2D eigenvalue weighted by Crippen LogP contribution is 2.20. The van der Waals surface area contributed by atoms with Gasteiger partial charge in [-0.3, -0.25) is 0 Å². The van der Waals surface area contributed by atoms with Gasteiger partial charge in [-0.15, -0.1) is 0 Å². The van der Waals surface area contributed by atoms with Crippen LogP contribution in [0.5, 0.6) is 0 Å². The van der Waals surface area contributed by atoms with Crippen LogP contribution in [0.4, 0.5) is 4.79 Å². The average Bonchev–Trinajstić information content (AvgIpc) is 2.27. The van der Waals surface area contributed by atoms with Crippen LogP contribution in [0.2, 0.25) is 0 Å². The van der Waals surface area contributed by atoms with Gasteiger partial charge in [0.15, 0.2) is 0 Å². The third kappa shape index (κ3) is 4.39. The maximum absolute atomic E-state index is 11.6. The Bertz CT molecular complexity index is 210. The Morgan fingerprint density at radius 1 is 1.44 bits per heavy atom. The van der Waals surface area contributed by atoms with Crippen molar-refractivity contribution in [3.63, 3.8) is 0 Å². The first-order valence-electron chi connectivity index (χ1n) is 6.16. The molecule has 0 aromatic carbocycles. The van der Waals surface area contributed by atoms with Gasteiger partial charge in [-0.1, -0.05) is 13.8 Å². The van der Waals surface area contributed by atoms with Crippen LogP contribution < -0.4 is 0 Å². The van der Waals surface area contributed by atoms with E-state index in [9.17, 15) is 4.79 Å². The highest BCUT2D eigenvalue weighted by atomic mass is 16.6. The summed E-state index contributed by atoms with van der Waals surface area (Å²) in [6.45, 7) is 6.34. The molecular formula is C12H23NO3. The molecule has 0 aromatic rings. The highest BCUT2D eigenvalue weighted by Gasteiger charge is 2.23. The van der Waals surface area contributed by atoms with Gasteiger partial charge in [0.1, 0.15) is 0 Å². The zero-order valence-electron chi connectivity index (χ0n) is 10.3. The van der Waals surface area contributed by atoms with E-state index in [1.54, 1.807) is 4.90 Å². The van der Waals surface area contributed by atoms with Crippen molar-refractivity contribution in [2.24, 2.45) is 11.8 Å². The number of likely N-dealkylation sites (tertiary alicyclic amines) is 1. The van der Waals surface area contributed by atoms with E-state index in [0.29, 0.717) is 18.4 Å². The lowest BCUT2D eigenvalue weighted by atomic mass is 9.94. The van der Waals surface area contributed by atoms with Gasteiger partial charge in [-0.05, 0) is 31.1 Å². The molecule has 0 unspecified atom stereocenters. The van der Waals surface area contributed by atoms with E-state index in [4.69, 9.17) is 9.84 Å². The molecule has 0 aromatic heterocycles. The summed E-state index contributed by atoms with van der Waals surface area (Å²) in [5.74, 6) is 0.954. The van der Waals surface area contributed by atoms with Crippen LogP contribution in [-0.4, -0.2) is 42.4 Å². The van der Waals surface area contributed by atoms with Gasteiger partial charge in [0, 0.05) is 19.7 Å². The number of carbonyl (C=O) groups excluding carboxylic acids is 1. The Kier molecular flexibility index (Phi) is 5.60. The number of hydrogen-bond donors (Lipinski definition) is 1. The molecule has 4 heteroatoms.